The molecule has 2 unspecified atom stereocenters. The molecule has 0 spiro atoms. The Hall–Kier alpha value is -1.49. The van der Waals surface area contributed by atoms with Gasteiger partial charge in [0.25, 0.3) is 0 Å². The second kappa shape index (κ2) is 7.19. The van der Waals surface area contributed by atoms with Gasteiger partial charge < -0.3 is 15.2 Å². The predicted molar refractivity (Wildman–Crippen MR) is 80.1 cm³/mol. The number of rotatable bonds is 4. The molecule has 0 fully saturated rings. The minimum absolute atomic E-state index is 0.206. The lowest BCUT2D eigenvalue weighted by Gasteiger charge is -2.15. The van der Waals surface area contributed by atoms with Crippen molar-refractivity contribution in [3.05, 3.63) is 65.7 Å². The summed E-state index contributed by atoms with van der Waals surface area (Å²) in [7, 11) is 1.91. The third-order valence-corrected chi connectivity index (χ3v) is 4.16. The van der Waals surface area contributed by atoms with Gasteiger partial charge in [0, 0.05) is 17.7 Å². The zero-order valence-corrected chi connectivity index (χ0v) is 11.7. The van der Waals surface area contributed by atoms with E-state index in [0.717, 1.165) is 16.3 Å². The van der Waals surface area contributed by atoms with Gasteiger partial charge in [-0.25, -0.2) is 0 Å². The van der Waals surface area contributed by atoms with E-state index in [1.165, 1.54) is 0 Å². The van der Waals surface area contributed by atoms with Crippen LogP contribution in [-0.4, -0.2) is 24.2 Å². The van der Waals surface area contributed by atoms with Crippen molar-refractivity contribution in [3.8, 4) is 0 Å². The van der Waals surface area contributed by atoms with Gasteiger partial charge in [-0.3, -0.25) is 0 Å². The summed E-state index contributed by atoms with van der Waals surface area (Å²) in [5.74, 6) is 0. The number of hydrogen-bond donors (Lipinski definition) is 2. The Morgan fingerprint density at radius 3 is 2.84 bits per heavy atom. The molecule has 1 aromatic carbocycles. The van der Waals surface area contributed by atoms with Crippen LogP contribution in [0.3, 0.4) is 0 Å². The van der Waals surface area contributed by atoms with Crippen LogP contribution in [-0.2, 0) is 11.2 Å². The topological polar surface area (TPSA) is 47.1 Å². The summed E-state index contributed by atoms with van der Waals surface area (Å²) in [6.45, 7) is 0.825. The zero-order chi connectivity index (χ0) is 13.5. The molecule has 4 heteroatoms. The van der Waals surface area contributed by atoms with Crippen LogP contribution in [0.2, 0.25) is 0 Å². The van der Waals surface area contributed by atoms with Gasteiger partial charge in [0.2, 0.25) is 0 Å². The molecule has 0 saturated carbocycles. The molecular weight excluding hydrogens is 256 g/mol. The van der Waals surface area contributed by atoms with E-state index >= 15 is 0 Å². The molecule has 0 amide bonds. The summed E-state index contributed by atoms with van der Waals surface area (Å²) in [4.78, 5) is 1.63. The molecule has 0 aromatic heterocycles. The maximum Gasteiger partial charge on any atom is 0.158 e. The van der Waals surface area contributed by atoms with Crippen molar-refractivity contribution >= 4 is 11.2 Å². The lowest BCUT2D eigenvalue weighted by Crippen LogP contribution is -2.32. The number of benzene rings is 1. The van der Waals surface area contributed by atoms with Crippen LogP contribution in [0.15, 0.2) is 70.6 Å². The molecule has 1 aliphatic heterocycles. The molecule has 1 heterocycles. The highest BCUT2D eigenvalue weighted by molar-refractivity contribution is 7.95. The first-order valence-corrected chi connectivity index (χ1v) is 7.39. The van der Waals surface area contributed by atoms with Crippen LogP contribution in [0.5, 0.6) is 0 Å². The molecule has 0 aliphatic carbocycles. The molecule has 0 bridgehead atoms. The van der Waals surface area contributed by atoms with Crippen molar-refractivity contribution in [1.29, 1.82) is 0 Å². The number of hydrogen-bond acceptors (Lipinski definition) is 3. The molecule has 1 aliphatic rings. The zero-order valence-electron chi connectivity index (χ0n) is 10.9. The molecule has 2 rings (SSSR count). The predicted octanol–water partition coefficient (Wildman–Crippen LogP) is 1.94. The summed E-state index contributed by atoms with van der Waals surface area (Å²) in [5, 5.41) is 6.37. The highest BCUT2D eigenvalue weighted by atomic mass is 32.2. The maximum atomic E-state index is 12.5. The van der Waals surface area contributed by atoms with E-state index in [0.29, 0.717) is 0 Å². The van der Waals surface area contributed by atoms with Gasteiger partial charge in [0.05, 0.1) is 6.04 Å². The van der Waals surface area contributed by atoms with Gasteiger partial charge >= 0.3 is 0 Å². The van der Waals surface area contributed by atoms with Gasteiger partial charge in [-0.05, 0) is 43.6 Å². The van der Waals surface area contributed by atoms with E-state index in [-0.39, 0.29) is 6.04 Å². The van der Waals surface area contributed by atoms with E-state index in [2.05, 4.69) is 10.6 Å². The molecule has 1 aromatic rings. The fraction of sp³-hybridized carbons (Fsp3) is 0.200. The average molecular weight is 274 g/mol. The third-order valence-electron chi connectivity index (χ3n) is 2.76. The van der Waals surface area contributed by atoms with Gasteiger partial charge in [-0.1, -0.05) is 24.3 Å². The van der Waals surface area contributed by atoms with Crippen LogP contribution >= 0.6 is 0 Å². The SMILES string of the molecule is CNCC1\C=C/C([S+]([O-])c2ccccc2)=C\C=C/N1. The minimum atomic E-state index is -1.13. The first kappa shape index (κ1) is 13.9. The fourth-order valence-corrected chi connectivity index (χ4v) is 2.88. The van der Waals surface area contributed by atoms with Gasteiger partial charge in [-0.2, -0.15) is 0 Å². The minimum Gasteiger partial charge on any atom is -0.606 e. The third kappa shape index (κ3) is 3.99. The highest BCUT2D eigenvalue weighted by Gasteiger charge is 2.15. The van der Waals surface area contributed by atoms with Crippen LogP contribution in [0.25, 0.3) is 0 Å². The summed E-state index contributed by atoms with van der Waals surface area (Å²) >= 11 is -1.13. The number of allylic oxidation sites excluding steroid dienone is 3. The van der Waals surface area contributed by atoms with Gasteiger partial charge in [0.1, 0.15) is 0 Å². The summed E-state index contributed by atoms with van der Waals surface area (Å²) in [6, 6.07) is 9.71. The molecule has 2 N–H and O–H groups in total. The van der Waals surface area contributed by atoms with Crippen molar-refractivity contribution in [2.45, 2.75) is 10.9 Å². The monoisotopic (exact) mass is 274 g/mol. The summed E-state index contributed by atoms with van der Waals surface area (Å²) < 4.78 is 12.5. The largest absolute Gasteiger partial charge is 0.606 e. The van der Waals surface area contributed by atoms with Crippen molar-refractivity contribution in [1.82, 2.24) is 10.6 Å². The van der Waals surface area contributed by atoms with Crippen LogP contribution in [0.1, 0.15) is 0 Å². The molecule has 100 valence electrons. The lowest BCUT2D eigenvalue weighted by molar-refractivity contribution is 0.601. The number of nitrogens with one attached hydrogen (secondary N) is 2. The molecule has 0 radical (unpaired) electrons. The van der Waals surface area contributed by atoms with Crippen LogP contribution in [0, 0.1) is 0 Å². The van der Waals surface area contributed by atoms with E-state index in [9.17, 15) is 4.55 Å². The molecule has 0 saturated heterocycles. The Bertz CT molecular complexity index is 482. The van der Waals surface area contributed by atoms with E-state index < -0.39 is 11.2 Å². The van der Waals surface area contributed by atoms with Crippen LogP contribution < -0.4 is 10.6 Å². The molecular formula is C15H18N2OS. The molecule has 2 atom stereocenters. The second-order valence-corrected chi connectivity index (χ2v) is 5.68. The standard InChI is InChI=1S/C15H18N2OS/c1-16-12-13-9-10-15(8-5-11-17-13)19(18)14-6-3-2-4-7-14/h2-11,13,16-17H,12H2,1H3/b10-9-,11-5-,15-8+. The van der Waals surface area contributed by atoms with Crippen molar-refractivity contribution in [2.75, 3.05) is 13.6 Å². The maximum absolute atomic E-state index is 12.5. The number of likely N-dealkylation sites (N-methyl/N-ethyl adjacent to an activating group) is 1. The van der Waals surface area contributed by atoms with E-state index in [1.54, 1.807) is 0 Å². The summed E-state index contributed by atoms with van der Waals surface area (Å²) in [6.07, 6.45) is 9.62. The lowest BCUT2D eigenvalue weighted by atomic mass is 10.2. The molecule has 3 nitrogen and oxygen atoms in total. The second-order valence-electron chi connectivity index (χ2n) is 4.20. The Balaban J connectivity index is 2.16. The molecule has 19 heavy (non-hydrogen) atoms. The Morgan fingerprint density at radius 1 is 1.32 bits per heavy atom. The van der Waals surface area contributed by atoms with Crippen LogP contribution in [0.4, 0.5) is 0 Å². The van der Waals surface area contributed by atoms with Crippen molar-refractivity contribution < 1.29 is 4.55 Å². The van der Waals surface area contributed by atoms with E-state index in [4.69, 9.17) is 0 Å². The average Bonchev–Trinajstić information content (AvgIpc) is 2.43. The van der Waals surface area contributed by atoms with Crippen molar-refractivity contribution in [2.24, 2.45) is 0 Å². The Kier molecular flexibility index (Phi) is 5.27. The highest BCUT2D eigenvalue weighted by Crippen LogP contribution is 2.20. The first-order valence-electron chi connectivity index (χ1n) is 6.24. The first-order chi connectivity index (χ1) is 9.31. The normalized spacial score (nSPS) is 26.2. The van der Waals surface area contributed by atoms with E-state index in [1.807, 2.05) is 67.9 Å². The fourth-order valence-electron chi connectivity index (χ4n) is 1.79. The Morgan fingerprint density at radius 2 is 2.11 bits per heavy atom. The summed E-state index contributed by atoms with van der Waals surface area (Å²) in [5.41, 5.74) is 0. The van der Waals surface area contributed by atoms with Gasteiger partial charge in [0.15, 0.2) is 9.80 Å². The Labute approximate surface area is 117 Å². The van der Waals surface area contributed by atoms with Gasteiger partial charge in [-0.15, -0.1) is 0 Å². The smallest absolute Gasteiger partial charge is 0.158 e. The van der Waals surface area contributed by atoms with Crippen molar-refractivity contribution in [3.63, 3.8) is 0 Å². The quantitative estimate of drug-likeness (QED) is 0.825.